The monoisotopic (exact) mass is 295 g/mol. The zero-order valence-electron chi connectivity index (χ0n) is 11.4. The molecule has 0 unspecified atom stereocenters. The Kier molecular flexibility index (Phi) is 4.95. The van der Waals surface area contributed by atoms with Gasteiger partial charge in [0.15, 0.2) is 5.15 Å². The van der Waals surface area contributed by atoms with Crippen molar-refractivity contribution in [3.05, 3.63) is 23.5 Å². The summed E-state index contributed by atoms with van der Waals surface area (Å²) in [4.78, 5) is 29.5. The van der Waals surface area contributed by atoms with Crippen LogP contribution in [0.1, 0.15) is 32.1 Å². The number of halogens is 1. The number of pyridine rings is 1. The Morgan fingerprint density at radius 3 is 2.70 bits per heavy atom. The van der Waals surface area contributed by atoms with Gasteiger partial charge < -0.3 is 10.2 Å². The molecule has 1 saturated carbocycles. The Hall–Kier alpha value is -1.62. The second kappa shape index (κ2) is 6.70. The smallest absolute Gasteiger partial charge is 0.313 e. The highest BCUT2D eigenvalue weighted by Gasteiger charge is 2.26. The molecule has 1 fully saturated rings. The number of anilines is 1. The molecule has 0 aromatic carbocycles. The summed E-state index contributed by atoms with van der Waals surface area (Å²) in [6, 6.07) is 3.42. The number of likely N-dealkylation sites (N-methyl/N-ethyl adjacent to an activating group) is 1. The molecule has 0 aliphatic heterocycles. The molecule has 6 heteroatoms. The van der Waals surface area contributed by atoms with Crippen molar-refractivity contribution < 1.29 is 9.59 Å². The maximum Gasteiger partial charge on any atom is 0.313 e. The van der Waals surface area contributed by atoms with E-state index in [0.29, 0.717) is 5.69 Å². The van der Waals surface area contributed by atoms with Crippen LogP contribution in [0.4, 0.5) is 5.69 Å². The summed E-state index contributed by atoms with van der Waals surface area (Å²) in [5.74, 6) is -1.20. The maximum absolute atomic E-state index is 12.1. The van der Waals surface area contributed by atoms with Crippen LogP contribution in [0.15, 0.2) is 18.3 Å². The van der Waals surface area contributed by atoms with Crippen LogP contribution in [-0.2, 0) is 9.59 Å². The first-order valence-corrected chi connectivity index (χ1v) is 7.16. The van der Waals surface area contributed by atoms with Crippen molar-refractivity contribution in [3.63, 3.8) is 0 Å². The molecule has 2 amide bonds. The van der Waals surface area contributed by atoms with Crippen LogP contribution in [0, 0.1) is 0 Å². The summed E-state index contributed by atoms with van der Waals surface area (Å²) in [6.07, 6.45) is 6.87. The molecule has 1 heterocycles. The summed E-state index contributed by atoms with van der Waals surface area (Å²) >= 11 is 5.85. The summed E-state index contributed by atoms with van der Waals surface area (Å²) in [6.45, 7) is 0. The van der Waals surface area contributed by atoms with Gasteiger partial charge in [0.05, 0.1) is 5.69 Å². The SMILES string of the molecule is CN(C(=O)C(=O)Nc1cccnc1Cl)C1CCCCC1. The fourth-order valence-electron chi connectivity index (χ4n) is 2.45. The van der Waals surface area contributed by atoms with Gasteiger partial charge in [-0.15, -0.1) is 0 Å². The average Bonchev–Trinajstić information content (AvgIpc) is 2.49. The molecule has 0 saturated heterocycles. The summed E-state index contributed by atoms with van der Waals surface area (Å²) in [7, 11) is 1.68. The molecule has 0 spiro atoms. The van der Waals surface area contributed by atoms with E-state index in [4.69, 9.17) is 11.6 Å². The molecular weight excluding hydrogens is 278 g/mol. The fraction of sp³-hybridized carbons (Fsp3) is 0.500. The van der Waals surface area contributed by atoms with Crippen LogP contribution < -0.4 is 5.32 Å². The number of hydrogen-bond donors (Lipinski definition) is 1. The van der Waals surface area contributed by atoms with E-state index in [1.54, 1.807) is 24.1 Å². The summed E-state index contributed by atoms with van der Waals surface area (Å²) < 4.78 is 0. The molecule has 0 bridgehead atoms. The lowest BCUT2D eigenvalue weighted by Crippen LogP contribution is -2.44. The number of nitrogens with zero attached hydrogens (tertiary/aromatic N) is 2. The Balaban J connectivity index is 1.98. The quantitative estimate of drug-likeness (QED) is 0.673. The van der Waals surface area contributed by atoms with E-state index in [2.05, 4.69) is 10.3 Å². The van der Waals surface area contributed by atoms with Crippen molar-refractivity contribution in [2.75, 3.05) is 12.4 Å². The number of rotatable bonds is 2. The van der Waals surface area contributed by atoms with Crippen molar-refractivity contribution in [1.82, 2.24) is 9.88 Å². The highest BCUT2D eigenvalue weighted by atomic mass is 35.5. The first-order valence-electron chi connectivity index (χ1n) is 6.78. The number of carbonyl (C=O) groups excluding carboxylic acids is 2. The predicted octanol–water partition coefficient (Wildman–Crippen LogP) is 2.46. The second-order valence-electron chi connectivity index (χ2n) is 5.00. The fourth-order valence-corrected chi connectivity index (χ4v) is 2.62. The third-order valence-corrected chi connectivity index (χ3v) is 3.95. The summed E-state index contributed by atoms with van der Waals surface area (Å²) in [5, 5.41) is 2.68. The number of hydrogen-bond acceptors (Lipinski definition) is 3. The lowest BCUT2D eigenvalue weighted by atomic mass is 9.94. The van der Waals surface area contributed by atoms with E-state index in [-0.39, 0.29) is 11.2 Å². The first kappa shape index (κ1) is 14.8. The van der Waals surface area contributed by atoms with Gasteiger partial charge >= 0.3 is 11.8 Å². The van der Waals surface area contributed by atoms with Crippen LogP contribution >= 0.6 is 11.6 Å². The molecule has 1 aliphatic carbocycles. The molecule has 108 valence electrons. The molecule has 1 aliphatic rings. The Labute approximate surface area is 123 Å². The number of carbonyl (C=O) groups is 2. The van der Waals surface area contributed by atoms with E-state index in [1.165, 1.54) is 12.6 Å². The van der Waals surface area contributed by atoms with Gasteiger partial charge in [0.2, 0.25) is 0 Å². The van der Waals surface area contributed by atoms with Gasteiger partial charge in [0.1, 0.15) is 0 Å². The Morgan fingerprint density at radius 2 is 2.05 bits per heavy atom. The average molecular weight is 296 g/mol. The largest absolute Gasteiger partial charge is 0.335 e. The molecule has 20 heavy (non-hydrogen) atoms. The minimum atomic E-state index is -0.673. The van der Waals surface area contributed by atoms with Crippen molar-refractivity contribution in [2.45, 2.75) is 38.1 Å². The van der Waals surface area contributed by atoms with Crippen molar-refractivity contribution >= 4 is 29.1 Å². The van der Waals surface area contributed by atoms with Crippen molar-refractivity contribution in [2.24, 2.45) is 0 Å². The van der Waals surface area contributed by atoms with Gasteiger partial charge in [-0.25, -0.2) is 4.98 Å². The topological polar surface area (TPSA) is 62.3 Å². The molecule has 0 atom stereocenters. The van der Waals surface area contributed by atoms with Crippen molar-refractivity contribution in [1.29, 1.82) is 0 Å². The van der Waals surface area contributed by atoms with Gasteiger partial charge in [0, 0.05) is 19.3 Å². The Morgan fingerprint density at radius 1 is 1.35 bits per heavy atom. The molecule has 5 nitrogen and oxygen atoms in total. The predicted molar refractivity (Wildman–Crippen MR) is 77.5 cm³/mol. The molecular formula is C14H18ClN3O2. The van der Waals surface area contributed by atoms with Gasteiger partial charge in [-0.05, 0) is 25.0 Å². The van der Waals surface area contributed by atoms with Gasteiger partial charge in [-0.2, -0.15) is 0 Å². The third-order valence-electron chi connectivity index (χ3n) is 3.64. The minimum absolute atomic E-state index is 0.159. The molecule has 1 aromatic heterocycles. The number of aromatic nitrogens is 1. The lowest BCUT2D eigenvalue weighted by Gasteiger charge is -2.30. The molecule has 0 radical (unpaired) electrons. The van der Waals surface area contributed by atoms with E-state index in [1.807, 2.05) is 0 Å². The maximum atomic E-state index is 12.1. The highest BCUT2D eigenvalue weighted by molar-refractivity contribution is 6.41. The number of nitrogens with one attached hydrogen (secondary N) is 1. The second-order valence-corrected chi connectivity index (χ2v) is 5.36. The first-order chi connectivity index (χ1) is 9.59. The van der Waals surface area contributed by atoms with Gasteiger partial charge in [-0.3, -0.25) is 9.59 Å². The lowest BCUT2D eigenvalue weighted by molar-refractivity contribution is -0.144. The van der Waals surface area contributed by atoms with Crippen LogP contribution in [-0.4, -0.2) is 34.8 Å². The zero-order valence-corrected chi connectivity index (χ0v) is 12.2. The van der Waals surface area contributed by atoms with E-state index in [0.717, 1.165) is 25.7 Å². The minimum Gasteiger partial charge on any atom is -0.335 e. The molecule has 1 N–H and O–H groups in total. The van der Waals surface area contributed by atoms with Gasteiger partial charge in [-0.1, -0.05) is 30.9 Å². The van der Waals surface area contributed by atoms with E-state index < -0.39 is 11.8 Å². The third kappa shape index (κ3) is 3.48. The van der Waals surface area contributed by atoms with Crippen molar-refractivity contribution in [3.8, 4) is 0 Å². The normalized spacial score (nSPS) is 15.7. The van der Waals surface area contributed by atoms with Crippen LogP contribution in [0.3, 0.4) is 0 Å². The summed E-state index contributed by atoms with van der Waals surface area (Å²) in [5.41, 5.74) is 0.351. The van der Waals surface area contributed by atoms with E-state index >= 15 is 0 Å². The Bertz CT molecular complexity index is 501. The highest BCUT2D eigenvalue weighted by Crippen LogP contribution is 2.22. The molecule has 2 rings (SSSR count). The van der Waals surface area contributed by atoms with Crippen LogP contribution in [0.2, 0.25) is 5.15 Å². The standard InChI is InChI=1S/C14H18ClN3O2/c1-18(10-6-3-2-4-7-10)14(20)13(19)17-11-8-5-9-16-12(11)15/h5,8-10H,2-4,6-7H2,1H3,(H,17,19). The van der Waals surface area contributed by atoms with Crippen LogP contribution in [0.5, 0.6) is 0 Å². The van der Waals surface area contributed by atoms with Crippen LogP contribution in [0.25, 0.3) is 0 Å². The molecule has 1 aromatic rings. The number of amides is 2. The zero-order chi connectivity index (χ0) is 14.5. The van der Waals surface area contributed by atoms with Gasteiger partial charge in [0.25, 0.3) is 0 Å². The van der Waals surface area contributed by atoms with E-state index in [9.17, 15) is 9.59 Å².